The number of nitrogens with zero attached hydrogens (tertiary/aromatic N) is 2. The van der Waals surface area contributed by atoms with Crippen LogP contribution in [-0.2, 0) is 19.1 Å². The van der Waals surface area contributed by atoms with Crippen molar-refractivity contribution in [3.8, 4) is 11.5 Å². The van der Waals surface area contributed by atoms with Crippen molar-refractivity contribution in [2.45, 2.75) is 33.2 Å². The Kier molecular flexibility index (Phi) is 9.80. The van der Waals surface area contributed by atoms with Crippen LogP contribution in [0.3, 0.4) is 0 Å². The summed E-state index contributed by atoms with van der Waals surface area (Å²) >= 11 is 3.36. The summed E-state index contributed by atoms with van der Waals surface area (Å²) in [7, 11) is 1.33. The Morgan fingerprint density at radius 2 is 1.85 bits per heavy atom. The second kappa shape index (κ2) is 13.3. The molecule has 210 valence electrons. The third kappa shape index (κ3) is 6.15. The zero-order valence-corrected chi connectivity index (χ0v) is 25.5. The molecular formula is C29H29IN2O7S. The van der Waals surface area contributed by atoms with Crippen molar-refractivity contribution < 1.29 is 28.5 Å². The Balaban J connectivity index is 1.84. The van der Waals surface area contributed by atoms with Crippen LogP contribution in [0.5, 0.6) is 11.5 Å². The topological polar surface area (TPSA) is 105 Å². The molecule has 0 spiro atoms. The molecule has 0 unspecified atom stereocenters. The highest BCUT2D eigenvalue weighted by Crippen LogP contribution is 2.35. The van der Waals surface area contributed by atoms with E-state index in [-0.39, 0.29) is 18.8 Å². The number of esters is 2. The number of methoxy groups -OCH3 is 1. The molecule has 1 atom stereocenters. The van der Waals surface area contributed by atoms with Gasteiger partial charge in [-0.1, -0.05) is 48.6 Å². The minimum Gasteiger partial charge on any atom is -0.490 e. The van der Waals surface area contributed by atoms with Crippen LogP contribution in [0.2, 0.25) is 0 Å². The van der Waals surface area contributed by atoms with E-state index in [1.54, 1.807) is 23.6 Å². The lowest BCUT2D eigenvalue weighted by molar-refractivity contribution is -0.145. The molecule has 0 amide bonds. The number of carbonyl (C=O) groups is 2. The van der Waals surface area contributed by atoms with Gasteiger partial charge in [0.2, 0.25) is 0 Å². The predicted octanol–water partition coefficient (Wildman–Crippen LogP) is 3.74. The first kappa shape index (κ1) is 29.5. The highest BCUT2D eigenvalue weighted by Gasteiger charge is 2.33. The minimum atomic E-state index is -0.667. The smallest absolute Gasteiger partial charge is 0.344 e. The summed E-state index contributed by atoms with van der Waals surface area (Å²) in [6.45, 7) is 5.89. The maximum atomic E-state index is 13.9. The maximum absolute atomic E-state index is 13.9. The van der Waals surface area contributed by atoms with Crippen LogP contribution in [0, 0.1) is 3.57 Å². The molecule has 0 radical (unpaired) electrons. The van der Waals surface area contributed by atoms with Gasteiger partial charge in [0, 0.05) is 0 Å². The number of hydrogen-bond donors (Lipinski definition) is 0. The van der Waals surface area contributed by atoms with Crippen molar-refractivity contribution >= 4 is 51.9 Å². The Labute approximate surface area is 248 Å². The molecule has 0 aliphatic carbocycles. The molecule has 9 nitrogen and oxygen atoms in total. The average molecular weight is 677 g/mol. The first-order valence-electron chi connectivity index (χ1n) is 12.8. The zero-order chi connectivity index (χ0) is 28.8. The summed E-state index contributed by atoms with van der Waals surface area (Å²) in [6, 6.07) is 12.3. The zero-order valence-electron chi connectivity index (χ0n) is 22.6. The largest absolute Gasteiger partial charge is 0.490 e. The minimum absolute atomic E-state index is 0.246. The van der Waals surface area contributed by atoms with Gasteiger partial charge in [0.1, 0.15) is 0 Å². The van der Waals surface area contributed by atoms with Crippen LogP contribution < -0.4 is 24.4 Å². The van der Waals surface area contributed by atoms with Gasteiger partial charge in [0.25, 0.3) is 5.56 Å². The van der Waals surface area contributed by atoms with Crippen LogP contribution in [0.4, 0.5) is 0 Å². The summed E-state index contributed by atoms with van der Waals surface area (Å²) < 4.78 is 24.3. The molecule has 40 heavy (non-hydrogen) atoms. The Bertz CT molecular complexity index is 1630. The lowest BCUT2D eigenvalue weighted by atomic mass is 9.95. The van der Waals surface area contributed by atoms with E-state index in [1.165, 1.54) is 18.4 Å². The van der Waals surface area contributed by atoms with E-state index in [0.29, 0.717) is 54.3 Å². The summed E-state index contributed by atoms with van der Waals surface area (Å²) in [5.41, 5.74) is 2.16. The number of rotatable bonds is 10. The molecule has 4 rings (SSSR count). The molecule has 0 saturated carbocycles. The maximum Gasteiger partial charge on any atom is 0.344 e. The van der Waals surface area contributed by atoms with Gasteiger partial charge in [-0.3, -0.25) is 9.36 Å². The SMILES string of the molecule is CCOC(=O)COc1c(I)cc(/C=c2\sc3n(c2=O)[C@H](c2ccccc2)C(C(=O)OC)=C(CC)N=3)cc1OCC. The van der Waals surface area contributed by atoms with Gasteiger partial charge in [-0.15, -0.1) is 0 Å². The van der Waals surface area contributed by atoms with E-state index in [2.05, 4.69) is 22.6 Å². The second-order valence-corrected chi connectivity index (χ2v) is 10.7. The van der Waals surface area contributed by atoms with Crippen molar-refractivity contribution in [1.29, 1.82) is 0 Å². The number of halogens is 1. The molecule has 0 saturated heterocycles. The fraction of sp³-hybridized carbons (Fsp3) is 0.310. The number of allylic oxidation sites excluding steroid dienone is 1. The van der Waals surface area contributed by atoms with Crippen LogP contribution in [0.15, 0.2) is 63.5 Å². The lowest BCUT2D eigenvalue weighted by Gasteiger charge is -2.25. The number of thiazole rings is 1. The molecule has 2 aromatic carbocycles. The monoisotopic (exact) mass is 676 g/mol. The first-order valence-corrected chi connectivity index (χ1v) is 14.6. The highest BCUT2D eigenvalue weighted by atomic mass is 127. The molecular weight excluding hydrogens is 647 g/mol. The number of benzene rings is 2. The van der Waals surface area contributed by atoms with E-state index >= 15 is 0 Å². The van der Waals surface area contributed by atoms with Crippen molar-refractivity contribution in [2.24, 2.45) is 4.99 Å². The average Bonchev–Trinajstić information content (AvgIpc) is 3.26. The molecule has 1 aromatic heterocycles. The molecule has 1 aliphatic heterocycles. The van der Waals surface area contributed by atoms with Gasteiger partial charge in [0.05, 0.1) is 45.7 Å². The third-order valence-corrected chi connectivity index (χ3v) is 7.82. The van der Waals surface area contributed by atoms with Crippen LogP contribution in [0.1, 0.15) is 44.4 Å². The highest BCUT2D eigenvalue weighted by molar-refractivity contribution is 14.1. The Morgan fingerprint density at radius 1 is 1.10 bits per heavy atom. The summed E-state index contributed by atoms with van der Waals surface area (Å²) in [4.78, 5) is 43.8. The van der Waals surface area contributed by atoms with Gasteiger partial charge in [0.15, 0.2) is 22.9 Å². The third-order valence-electron chi connectivity index (χ3n) is 6.03. The van der Waals surface area contributed by atoms with E-state index in [0.717, 1.165) is 5.56 Å². The lowest BCUT2D eigenvalue weighted by Crippen LogP contribution is -2.40. The Hall–Kier alpha value is -3.45. The Morgan fingerprint density at radius 3 is 2.50 bits per heavy atom. The van der Waals surface area contributed by atoms with Crippen LogP contribution in [0.25, 0.3) is 6.08 Å². The molecule has 3 aromatic rings. The van der Waals surface area contributed by atoms with Gasteiger partial charge >= 0.3 is 11.9 Å². The fourth-order valence-electron chi connectivity index (χ4n) is 4.37. The van der Waals surface area contributed by atoms with Crippen molar-refractivity contribution in [3.63, 3.8) is 0 Å². The fourth-order valence-corrected chi connectivity index (χ4v) is 6.18. The normalized spacial score (nSPS) is 14.8. The molecule has 0 bridgehead atoms. The second-order valence-electron chi connectivity index (χ2n) is 8.56. The number of fused-ring (bicyclic) bond motifs is 1. The van der Waals surface area contributed by atoms with Gasteiger partial charge in [-0.05, 0) is 72.2 Å². The van der Waals surface area contributed by atoms with Crippen LogP contribution >= 0.6 is 33.9 Å². The summed E-state index contributed by atoms with van der Waals surface area (Å²) in [5.74, 6) is -0.121. The van der Waals surface area contributed by atoms with Gasteiger partial charge in [-0.2, -0.15) is 0 Å². The number of ether oxygens (including phenoxy) is 4. The van der Waals surface area contributed by atoms with E-state index in [9.17, 15) is 14.4 Å². The van der Waals surface area contributed by atoms with Gasteiger partial charge < -0.3 is 18.9 Å². The first-order chi connectivity index (χ1) is 19.3. The predicted molar refractivity (Wildman–Crippen MR) is 159 cm³/mol. The van der Waals surface area contributed by atoms with Crippen LogP contribution in [-0.4, -0.2) is 43.4 Å². The standard InChI is InChI=1S/C29H29IN2O7S/c1-5-20-24(28(35)36-4)25(18-11-9-8-10-12-18)32-27(34)22(40-29(32)31-20)15-17-13-19(30)26(21(14-17)37-6-2)39-16-23(33)38-7-3/h8-15,25H,5-7,16H2,1-4H3/b22-15-/t25-/m1/s1. The number of carbonyl (C=O) groups excluding carboxylic acids is 2. The van der Waals surface area contributed by atoms with Crippen molar-refractivity contribution in [1.82, 2.24) is 4.57 Å². The van der Waals surface area contributed by atoms with E-state index < -0.39 is 18.0 Å². The number of hydrogen-bond acceptors (Lipinski definition) is 9. The van der Waals surface area contributed by atoms with E-state index in [4.69, 9.17) is 23.9 Å². The van der Waals surface area contributed by atoms with E-state index in [1.807, 2.05) is 50.2 Å². The quantitative estimate of drug-likeness (QED) is 0.238. The van der Waals surface area contributed by atoms with Crippen molar-refractivity contribution in [3.05, 3.63) is 88.1 Å². The van der Waals surface area contributed by atoms with Crippen molar-refractivity contribution in [2.75, 3.05) is 26.9 Å². The van der Waals surface area contributed by atoms with Gasteiger partial charge in [-0.25, -0.2) is 14.6 Å². The number of aromatic nitrogens is 1. The molecule has 11 heteroatoms. The molecule has 1 aliphatic rings. The molecule has 0 N–H and O–H groups in total. The molecule has 0 fully saturated rings. The molecule has 2 heterocycles. The summed E-state index contributed by atoms with van der Waals surface area (Å²) in [5, 5.41) is 0. The summed E-state index contributed by atoms with van der Waals surface area (Å²) in [6.07, 6.45) is 2.27.